The molecule has 2 atom stereocenters. The Balaban J connectivity index is 2.33. The second-order valence-electron chi connectivity index (χ2n) is 6.03. The molecule has 0 saturated heterocycles. The van der Waals surface area contributed by atoms with Gasteiger partial charge in [0.25, 0.3) is 11.8 Å². The normalized spacial score (nSPS) is 16.7. The number of benzene rings is 1. The molecular formula is C17H22N2O3. The van der Waals surface area contributed by atoms with Gasteiger partial charge in [-0.3, -0.25) is 19.3 Å². The largest absolute Gasteiger partial charge is 0.352 e. The maximum Gasteiger partial charge on any atom is 0.262 e. The van der Waals surface area contributed by atoms with Crippen molar-refractivity contribution in [2.24, 2.45) is 5.92 Å². The first-order chi connectivity index (χ1) is 10.4. The molecule has 1 aliphatic rings. The third kappa shape index (κ3) is 2.75. The number of carbonyl (C=O) groups is 3. The smallest absolute Gasteiger partial charge is 0.262 e. The minimum absolute atomic E-state index is 0.00364. The highest BCUT2D eigenvalue weighted by Gasteiger charge is 2.43. The molecule has 0 spiro atoms. The summed E-state index contributed by atoms with van der Waals surface area (Å²) in [5, 5.41) is 2.87. The minimum atomic E-state index is -0.790. The Morgan fingerprint density at radius 3 is 2.00 bits per heavy atom. The molecule has 0 bridgehead atoms. The Morgan fingerprint density at radius 2 is 1.59 bits per heavy atom. The summed E-state index contributed by atoms with van der Waals surface area (Å²) in [6.07, 6.45) is 0.790. The maximum atomic E-state index is 12.5. The van der Waals surface area contributed by atoms with Crippen LogP contribution in [0.1, 0.15) is 54.8 Å². The summed E-state index contributed by atoms with van der Waals surface area (Å²) < 4.78 is 0. The molecule has 5 nitrogen and oxygen atoms in total. The molecule has 0 aliphatic carbocycles. The number of amides is 3. The van der Waals surface area contributed by atoms with Crippen LogP contribution in [0.15, 0.2) is 24.3 Å². The Morgan fingerprint density at radius 1 is 1.09 bits per heavy atom. The van der Waals surface area contributed by atoms with E-state index in [-0.39, 0.29) is 17.9 Å². The Bertz CT molecular complexity index is 575. The highest BCUT2D eigenvalue weighted by atomic mass is 16.2. The molecule has 5 heteroatoms. The summed E-state index contributed by atoms with van der Waals surface area (Å²) in [6.45, 7) is 7.55. The van der Waals surface area contributed by atoms with E-state index in [0.29, 0.717) is 11.1 Å². The van der Waals surface area contributed by atoms with Gasteiger partial charge < -0.3 is 5.32 Å². The average Bonchev–Trinajstić information content (AvgIpc) is 2.73. The Hall–Kier alpha value is -2.17. The summed E-state index contributed by atoms with van der Waals surface area (Å²) in [5.74, 6) is -1.22. The molecule has 0 radical (unpaired) electrons. The molecule has 1 aliphatic heterocycles. The second kappa shape index (κ2) is 6.30. The number of rotatable bonds is 5. The van der Waals surface area contributed by atoms with E-state index in [2.05, 4.69) is 5.32 Å². The first-order valence-corrected chi connectivity index (χ1v) is 7.65. The fraction of sp³-hybridized carbons (Fsp3) is 0.471. The van der Waals surface area contributed by atoms with Gasteiger partial charge in [0.2, 0.25) is 5.91 Å². The highest BCUT2D eigenvalue weighted by Crippen LogP contribution is 2.27. The van der Waals surface area contributed by atoms with E-state index in [4.69, 9.17) is 0 Å². The zero-order valence-corrected chi connectivity index (χ0v) is 13.4. The van der Waals surface area contributed by atoms with Crippen LogP contribution in [0.3, 0.4) is 0 Å². The van der Waals surface area contributed by atoms with Crippen molar-refractivity contribution >= 4 is 17.7 Å². The van der Waals surface area contributed by atoms with Crippen molar-refractivity contribution in [3.05, 3.63) is 35.4 Å². The van der Waals surface area contributed by atoms with Gasteiger partial charge in [0.15, 0.2) is 0 Å². The van der Waals surface area contributed by atoms with Crippen LogP contribution >= 0.6 is 0 Å². The summed E-state index contributed by atoms with van der Waals surface area (Å²) in [7, 11) is 0. The van der Waals surface area contributed by atoms with Crippen molar-refractivity contribution in [3.8, 4) is 0 Å². The summed E-state index contributed by atoms with van der Waals surface area (Å²) >= 11 is 0. The third-order valence-electron chi connectivity index (χ3n) is 4.00. The van der Waals surface area contributed by atoms with Crippen molar-refractivity contribution in [2.45, 2.75) is 46.2 Å². The number of fused-ring (bicyclic) bond motifs is 1. The van der Waals surface area contributed by atoms with Crippen LogP contribution in [0.4, 0.5) is 0 Å². The predicted octanol–water partition coefficient (Wildman–Crippen LogP) is 2.22. The molecule has 22 heavy (non-hydrogen) atoms. The molecule has 2 unspecified atom stereocenters. The van der Waals surface area contributed by atoms with Gasteiger partial charge in [-0.05, 0) is 31.4 Å². The van der Waals surface area contributed by atoms with E-state index in [1.54, 1.807) is 24.3 Å². The fourth-order valence-electron chi connectivity index (χ4n) is 2.61. The topological polar surface area (TPSA) is 66.5 Å². The van der Waals surface area contributed by atoms with Crippen molar-refractivity contribution in [1.29, 1.82) is 0 Å². The second-order valence-corrected chi connectivity index (χ2v) is 6.03. The van der Waals surface area contributed by atoms with E-state index < -0.39 is 17.9 Å². The minimum Gasteiger partial charge on any atom is -0.352 e. The zero-order chi connectivity index (χ0) is 16.4. The van der Waals surface area contributed by atoms with Gasteiger partial charge in [0.05, 0.1) is 11.1 Å². The van der Waals surface area contributed by atoms with Gasteiger partial charge in [0.1, 0.15) is 6.04 Å². The number of nitrogens with zero attached hydrogens (tertiary/aromatic N) is 1. The number of imide groups is 1. The third-order valence-corrected chi connectivity index (χ3v) is 4.00. The van der Waals surface area contributed by atoms with Crippen molar-refractivity contribution in [1.82, 2.24) is 10.2 Å². The van der Waals surface area contributed by atoms with E-state index in [0.717, 1.165) is 11.3 Å². The summed E-state index contributed by atoms with van der Waals surface area (Å²) in [5.41, 5.74) is 0.740. The molecule has 3 amide bonds. The number of nitrogens with one attached hydrogen (secondary N) is 1. The van der Waals surface area contributed by atoms with Gasteiger partial charge >= 0.3 is 0 Å². The maximum absolute atomic E-state index is 12.5. The molecule has 1 aromatic rings. The zero-order valence-electron chi connectivity index (χ0n) is 13.4. The van der Waals surface area contributed by atoms with Crippen molar-refractivity contribution in [2.75, 3.05) is 0 Å². The molecule has 1 heterocycles. The Kier molecular flexibility index (Phi) is 4.64. The standard InChI is InChI=1S/C17H22N2O3/c1-5-11(4)18-15(20)14(10(2)3)19-16(21)12-8-6-7-9-13(12)17(19)22/h6-11,14H,5H2,1-4H3,(H,18,20). The first kappa shape index (κ1) is 16.2. The fourth-order valence-corrected chi connectivity index (χ4v) is 2.61. The van der Waals surface area contributed by atoms with Crippen LogP contribution in [0.2, 0.25) is 0 Å². The molecular weight excluding hydrogens is 280 g/mol. The summed E-state index contributed by atoms with van der Waals surface area (Å²) in [4.78, 5) is 38.7. The molecule has 2 rings (SSSR count). The molecule has 0 saturated carbocycles. The van der Waals surface area contributed by atoms with E-state index in [1.807, 2.05) is 27.7 Å². The predicted molar refractivity (Wildman–Crippen MR) is 83.5 cm³/mol. The molecule has 118 valence electrons. The summed E-state index contributed by atoms with van der Waals surface area (Å²) in [6, 6.07) is 5.90. The van der Waals surface area contributed by atoms with Gasteiger partial charge in [-0.1, -0.05) is 32.9 Å². The molecule has 1 aromatic carbocycles. The monoisotopic (exact) mass is 302 g/mol. The van der Waals surface area contributed by atoms with E-state index >= 15 is 0 Å². The molecule has 0 fully saturated rings. The van der Waals surface area contributed by atoms with Gasteiger partial charge in [-0.2, -0.15) is 0 Å². The van der Waals surface area contributed by atoms with E-state index in [1.165, 1.54) is 0 Å². The number of hydrogen-bond donors (Lipinski definition) is 1. The van der Waals surface area contributed by atoms with E-state index in [9.17, 15) is 14.4 Å². The molecule has 0 aromatic heterocycles. The average molecular weight is 302 g/mol. The van der Waals surface area contributed by atoms with Gasteiger partial charge in [-0.15, -0.1) is 0 Å². The number of hydrogen-bond acceptors (Lipinski definition) is 3. The lowest BCUT2D eigenvalue weighted by Gasteiger charge is -2.29. The van der Waals surface area contributed by atoms with Crippen LogP contribution in [0.25, 0.3) is 0 Å². The quantitative estimate of drug-likeness (QED) is 0.848. The van der Waals surface area contributed by atoms with Crippen LogP contribution in [-0.2, 0) is 4.79 Å². The van der Waals surface area contributed by atoms with Crippen LogP contribution in [0, 0.1) is 5.92 Å². The van der Waals surface area contributed by atoms with Crippen molar-refractivity contribution < 1.29 is 14.4 Å². The Labute approximate surface area is 130 Å². The lowest BCUT2D eigenvalue weighted by Crippen LogP contribution is -2.53. The van der Waals surface area contributed by atoms with Gasteiger partial charge in [-0.25, -0.2) is 0 Å². The number of carbonyl (C=O) groups excluding carboxylic acids is 3. The first-order valence-electron chi connectivity index (χ1n) is 7.65. The van der Waals surface area contributed by atoms with Crippen LogP contribution < -0.4 is 5.32 Å². The highest BCUT2D eigenvalue weighted by molar-refractivity contribution is 6.22. The van der Waals surface area contributed by atoms with Gasteiger partial charge in [0, 0.05) is 6.04 Å². The SMILES string of the molecule is CCC(C)NC(=O)C(C(C)C)N1C(=O)c2ccccc2C1=O. The van der Waals surface area contributed by atoms with Crippen molar-refractivity contribution in [3.63, 3.8) is 0 Å². The lowest BCUT2D eigenvalue weighted by molar-refractivity contribution is -0.126. The molecule has 1 N–H and O–H groups in total. The van der Waals surface area contributed by atoms with Crippen LogP contribution in [0.5, 0.6) is 0 Å². The lowest BCUT2D eigenvalue weighted by atomic mass is 10.0. The van der Waals surface area contributed by atoms with Crippen LogP contribution in [-0.4, -0.2) is 34.7 Å².